The predicted molar refractivity (Wildman–Crippen MR) is 56.9 cm³/mol. The number of nitrogens with one attached hydrogen (secondary N) is 1. The Hall–Kier alpha value is -1.10. The number of nitrogens with two attached hydrogens (primary N) is 1. The highest BCUT2D eigenvalue weighted by molar-refractivity contribution is 7.08. The molecule has 1 unspecified atom stereocenters. The van der Waals surface area contributed by atoms with Gasteiger partial charge in [-0.3, -0.25) is 5.84 Å². The van der Waals surface area contributed by atoms with Crippen LogP contribution in [-0.2, 0) is 0 Å². The molecule has 2 aromatic heterocycles. The van der Waals surface area contributed by atoms with Crippen LogP contribution in [0.4, 0.5) is 0 Å². The highest BCUT2D eigenvalue weighted by atomic mass is 32.1. The molecule has 0 aliphatic carbocycles. The molecular weight excluding hydrogens is 196 g/mol. The number of rotatable bonds is 3. The van der Waals surface area contributed by atoms with E-state index in [1.807, 2.05) is 12.3 Å². The van der Waals surface area contributed by atoms with Crippen molar-refractivity contribution in [3.8, 4) is 0 Å². The van der Waals surface area contributed by atoms with Crippen molar-refractivity contribution in [3.63, 3.8) is 0 Å². The van der Waals surface area contributed by atoms with Crippen molar-refractivity contribution in [1.82, 2.24) is 5.43 Å². The van der Waals surface area contributed by atoms with E-state index >= 15 is 0 Å². The Labute approximate surface area is 86.5 Å². The van der Waals surface area contributed by atoms with Gasteiger partial charge < -0.3 is 4.42 Å². The minimum Gasteiger partial charge on any atom is -0.472 e. The number of hydrogen-bond acceptors (Lipinski definition) is 4. The van der Waals surface area contributed by atoms with Crippen molar-refractivity contribution in [2.75, 3.05) is 0 Å². The number of aryl methyl sites for hydroxylation is 1. The summed E-state index contributed by atoms with van der Waals surface area (Å²) in [5.74, 6) is 5.54. The molecule has 3 nitrogen and oxygen atoms in total. The Morgan fingerprint density at radius 3 is 2.86 bits per heavy atom. The minimum absolute atomic E-state index is 0.0278. The maximum absolute atomic E-state index is 5.54. The fraction of sp³-hybridized carbons (Fsp3) is 0.200. The van der Waals surface area contributed by atoms with Crippen molar-refractivity contribution in [2.45, 2.75) is 13.0 Å². The summed E-state index contributed by atoms with van der Waals surface area (Å²) in [6.07, 6.45) is 3.46. The first-order valence-corrected chi connectivity index (χ1v) is 5.28. The average molecular weight is 208 g/mol. The fourth-order valence-electron chi connectivity index (χ4n) is 1.47. The smallest absolute Gasteiger partial charge is 0.0957 e. The normalized spacial score (nSPS) is 13.0. The number of thiophene rings is 1. The fourth-order valence-corrected chi connectivity index (χ4v) is 2.16. The third kappa shape index (κ3) is 1.59. The van der Waals surface area contributed by atoms with Gasteiger partial charge in [0.1, 0.15) is 0 Å². The van der Waals surface area contributed by atoms with Gasteiger partial charge in [-0.15, -0.1) is 0 Å². The molecule has 0 aliphatic rings. The van der Waals surface area contributed by atoms with Gasteiger partial charge in [0, 0.05) is 5.56 Å². The van der Waals surface area contributed by atoms with Gasteiger partial charge in [-0.2, -0.15) is 11.3 Å². The highest BCUT2D eigenvalue weighted by Gasteiger charge is 2.16. The first kappa shape index (κ1) is 9.45. The third-order valence-corrected chi connectivity index (χ3v) is 2.95. The zero-order valence-electron chi connectivity index (χ0n) is 7.86. The van der Waals surface area contributed by atoms with Crippen LogP contribution in [0.3, 0.4) is 0 Å². The van der Waals surface area contributed by atoms with Crippen molar-refractivity contribution in [3.05, 3.63) is 46.0 Å². The molecule has 0 saturated heterocycles. The van der Waals surface area contributed by atoms with Gasteiger partial charge >= 0.3 is 0 Å². The molecule has 2 heterocycles. The van der Waals surface area contributed by atoms with E-state index in [0.29, 0.717) is 0 Å². The molecule has 0 aliphatic heterocycles. The molecule has 3 N–H and O–H groups in total. The molecule has 0 fully saturated rings. The molecule has 0 radical (unpaired) electrons. The zero-order chi connectivity index (χ0) is 9.97. The lowest BCUT2D eigenvalue weighted by atomic mass is 10.0. The summed E-state index contributed by atoms with van der Waals surface area (Å²) in [6, 6.07) is 2.08. The van der Waals surface area contributed by atoms with Gasteiger partial charge in [0.05, 0.1) is 18.6 Å². The third-order valence-electron chi connectivity index (χ3n) is 2.25. The summed E-state index contributed by atoms with van der Waals surface area (Å²) in [6.45, 7) is 2.01. The van der Waals surface area contributed by atoms with E-state index < -0.39 is 0 Å². The van der Waals surface area contributed by atoms with Crippen molar-refractivity contribution in [1.29, 1.82) is 0 Å². The molecule has 0 spiro atoms. The highest BCUT2D eigenvalue weighted by Crippen LogP contribution is 2.26. The Bertz CT molecular complexity index is 394. The summed E-state index contributed by atoms with van der Waals surface area (Å²) in [5.41, 5.74) is 6.16. The lowest BCUT2D eigenvalue weighted by Crippen LogP contribution is -2.28. The lowest BCUT2D eigenvalue weighted by Gasteiger charge is -2.13. The Morgan fingerprint density at radius 2 is 2.36 bits per heavy atom. The molecule has 2 aromatic rings. The number of hydrogen-bond donors (Lipinski definition) is 2. The molecule has 0 saturated carbocycles. The van der Waals surface area contributed by atoms with Crippen LogP contribution in [0.25, 0.3) is 0 Å². The second-order valence-corrected chi connectivity index (χ2v) is 3.95. The quantitative estimate of drug-likeness (QED) is 0.600. The molecule has 74 valence electrons. The van der Waals surface area contributed by atoms with Crippen LogP contribution in [0, 0.1) is 6.92 Å². The molecule has 2 rings (SSSR count). The van der Waals surface area contributed by atoms with Crippen molar-refractivity contribution < 1.29 is 4.42 Å². The summed E-state index contributed by atoms with van der Waals surface area (Å²) in [7, 11) is 0. The number of hydrazine groups is 1. The van der Waals surface area contributed by atoms with E-state index in [4.69, 9.17) is 10.3 Å². The Balaban J connectivity index is 2.36. The lowest BCUT2D eigenvalue weighted by molar-refractivity contribution is 0.553. The Morgan fingerprint density at radius 1 is 1.50 bits per heavy atom. The standard InChI is InChI=1S/C10H12N2OS/c1-7-4-13-5-9(7)10(12-11)8-2-3-14-6-8/h2-6,10,12H,11H2,1H3. The zero-order valence-corrected chi connectivity index (χ0v) is 8.67. The van der Waals surface area contributed by atoms with Gasteiger partial charge in [0.2, 0.25) is 0 Å². The van der Waals surface area contributed by atoms with Crippen LogP contribution in [-0.4, -0.2) is 0 Å². The summed E-state index contributed by atoms with van der Waals surface area (Å²) < 4.78 is 5.13. The summed E-state index contributed by atoms with van der Waals surface area (Å²) in [4.78, 5) is 0. The van der Waals surface area contributed by atoms with Crippen LogP contribution in [0.1, 0.15) is 22.7 Å². The monoisotopic (exact) mass is 208 g/mol. The minimum atomic E-state index is 0.0278. The van der Waals surface area contributed by atoms with E-state index in [2.05, 4.69) is 16.9 Å². The molecular formula is C10H12N2OS. The van der Waals surface area contributed by atoms with E-state index in [-0.39, 0.29) is 6.04 Å². The molecule has 1 atom stereocenters. The van der Waals surface area contributed by atoms with Crippen LogP contribution < -0.4 is 11.3 Å². The molecule has 4 heteroatoms. The van der Waals surface area contributed by atoms with Gasteiger partial charge in [0.15, 0.2) is 0 Å². The van der Waals surface area contributed by atoms with Crippen LogP contribution in [0.2, 0.25) is 0 Å². The van der Waals surface area contributed by atoms with Gasteiger partial charge in [-0.05, 0) is 34.9 Å². The topological polar surface area (TPSA) is 51.2 Å². The van der Waals surface area contributed by atoms with Crippen LogP contribution >= 0.6 is 11.3 Å². The first-order chi connectivity index (χ1) is 6.83. The summed E-state index contributed by atoms with van der Waals surface area (Å²) in [5, 5.41) is 4.12. The van der Waals surface area contributed by atoms with Gasteiger partial charge in [0.25, 0.3) is 0 Å². The molecule has 0 bridgehead atoms. The molecule has 14 heavy (non-hydrogen) atoms. The van der Waals surface area contributed by atoms with E-state index in [1.165, 1.54) is 5.56 Å². The van der Waals surface area contributed by atoms with E-state index in [9.17, 15) is 0 Å². The second-order valence-electron chi connectivity index (χ2n) is 3.17. The number of furan rings is 1. The molecule has 0 aromatic carbocycles. The second kappa shape index (κ2) is 3.96. The van der Waals surface area contributed by atoms with Crippen molar-refractivity contribution in [2.24, 2.45) is 5.84 Å². The molecule has 0 amide bonds. The van der Waals surface area contributed by atoms with Crippen LogP contribution in [0.5, 0.6) is 0 Å². The maximum atomic E-state index is 5.54. The van der Waals surface area contributed by atoms with Crippen molar-refractivity contribution >= 4 is 11.3 Å². The maximum Gasteiger partial charge on any atom is 0.0957 e. The van der Waals surface area contributed by atoms with E-state index in [0.717, 1.165) is 11.1 Å². The van der Waals surface area contributed by atoms with Gasteiger partial charge in [-0.1, -0.05) is 0 Å². The van der Waals surface area contributed by atoms with Crippen LogP contribution in [0.15, 0.2) is 33.8 Å². The average Bonchev–Trinajstić information content (AvgIpc) is 2.80. The van der Waals surface area contributed by atoms with E-state index in [1.54, 1.807) is 23.9 Å². The first-order valence-electron chi connectivity index (χ1n) is 4.34. The predicted octanol–water partition coefficient (Wildman–Crippen LogP) is 2.20. The summed E-state index contributed by atoms with van der Waals surface area (Å²) >= 11 is 1.66. The SMILES string of the molecule is Cc1cocc1C(NN)c1ccsc1. The Kier molecular flexibility index (Phi) is 2.67. The van der Waals surface area contributed by atoms with Gasteiger partial charge in [-0.25, -0.2) is 5.43 Å². The largest absolute Gasteiger partial charge is 0.472 e.